The van der Waals surface area contributed by atoms with Gasteiger partial charge in [0.2, 0.25) is 0 Å². The van der Waals surface area contributed by atoms with Crippen molar-refractivity contribution in [2.45, 2.75) is 13.8 Å². The van der Waals surface area contributed by atoms with Crippen molar-refractivity contribution in [2.75, 3.05) is 10.6 Å². The van der Waals surface area contributed by atoms with Crippen LogP contribution in [0.4, 0.5) is 11.4 Å². The number of amides is 1. The summed E-state index contributed by atoms with van der Waals surface area (Å²) in [6.45, 7) is 3.90. The van der Waals surface area contributed by atoms with Crippen LogP contribution in [0.25, 0.3) is 11.0 Å². The molecule has 124 valence electrons. The molecule has 0 fully saturated rings. The number of nitriles is 1. The van der Waals surface area contributed by atoms with Gasteiger partial charge in [0, 0.05) is 17.6 Å². The Hall–Kier alpha value is -3.59. The quantitative estimate of drug-likeness (QED) is 0.502. The molecule has 1 aromatic heterocycles. The fourth-order valence-corrected chi connectivity index (χ4v) is 2.41. The average molecular weight is 331 g/mol. The van der Waals surface area contributed by atoms with E-state index in [2.05, 4.69) is 20.6 Å². The largest absolute Gasteiger partial charge is 0.360 e. The van der Waals surface area contributed by atoms with Gasteiger partial charge in [-0.25, -0.2) is 4.98 Å². The molecule has 3 rings (SSSR count). The Bertz CT molecular complexity index is 1010. The number of nitrogens with one attached hydrogen (secondary N) is 3. The molecule has 1 amide bonds. The topological polar surface area (TPSA) is 93.6 Å². The lowest BCUT2D eigenvalue weighted by Crippen LogP contribution is -2.15. The molecule has 6 heteroatoms. The third kappa shape index (κ3) is 3.51. The monoisotopic (exact) mass is 331 g/mol. The van der Waals surface area contributed by atoms with Gasteiger partial charge in [-0.05, 0) is 49.2 Å². The third-order valence-electron chi connectivity index (χ3n) is 4.02. The number of aromatic nitrogens is 2. The van der Waals surface area contributed by atoms with Crippen LogP contribution in [0, 0.1) is 25.2 Å². The molecule has 0 radical (unpaired) electrons. The number of rotatable bonds is 4. The third-order valence-corrected chi connectivity index (χ3v) is 4.02. The molecular weight excluding hydrogens is 314 g/mol. The van der Waals surface area contributed by atoms with Crippen LogP contribution >= 0.6 is 0 Å². The fourth-order valence-electron chi connectivity index (χ4n) is 2.41. The molecule has 25 heavy (non-hydrogen) atoms. The van der Waals surface area contributed by atoms with E-state index in [1.54, 1.807) is 6.33 Å². The van der Waals surface area contributed by atoms with Crippen molar-refractivity contribution < 1.29 is 4.79 Å². The van der Waals surface area contributed by atoms with E-state index in [0.29, 0.717) is 5.69 Å². The van der Waals surface area contributed by atoms with Crippen LogP contribution < -0.4 is 10.6 Å². The van der Waals surface area contributed by atoms with Gasteiger partial charge in [0.1, 0.15) is 11.6 Å². The number of hydrogen-bond acceptors (Lipinski definition) is 4. The zero-order valence-electron chi connectivity index (χ0n) is 13.9. The number of fused-ring (bicyclic) bond motifs is 1. The number of carbonyl (C=O) groups excluding carboxylic acids is 1. The van der Waals surface area contributed by atoms with Gasteiger partial charge in [0.25, 0.3) is 5.91 Å². The Morgan fingerprint density at radius 3 is 2.92 bits per heavy atom. The molecular formula is C19H17N5O. The van der Waals surface area contributed by atoms with Crippen LogP contribution in [-0.4, -0.2) is 15.9 Å². The summed E-state index contributed by atoms with van der Waals surface area (Å²) in [4.78, 5) is 19.5. The number of H-pyrrole nitrogens is 1. The first-order valence-corrected chi connectivity index (χ1v) is 7.76. The second-order valence-corrected chi connectivity index (χ2v) is 5.65. The van der Waals surface area contributed by atoms with Crippen molar-refractivity contribution in [1.82, 2.24) is 9.97 Å². The highest BCUT2D eigenvalue weighted by molar-refractivity contribution is 6.07. The van der Waals surface area contributed by atoms with Crippen LogP contribution in [0.2, 0.25) is 0 Å². The van der Waals surface area contributed by atoms with E-state index in [1.165, 1.54) is 6.20 Å². The van der Waals surface area contributed by atoms with Crippen molar-refractivity contribution in [3.63, 3.8) is 0 Å². The van der Waals surface area contributed by atoms with Crippen LogP contribution in [0.1, 0.15) is 11.1 Å². The van der Waals surface area contributed by atoms with Gasteiger partial charge in [0.15, 0.2) is 0 Å². The normalized spacial score (nSPS) is 11.2. The Morgan fingerprint density at radius 1 is 1.28 bits per heavy atom. The molecule has 0 aliphatic rings. The lowest BCUT2D eigenvalue weighted by molar-refractivity contribution is -0.112. The number of nitrogens with zero attached hydrogens (tertiary/aromatic N) is 2. The molecule has 6 nitrogen and oxygen atoms in total. The van der Waals surface area contributed by atoms with Crippen molar-refractivity contribution in [2.24, 2.45) is 0 Å². The smallest absolute Gasteiger partial charge is 0.267 e. The summed E-state index contributed by atoms with van der Waals surface area (Å²) in [6.07, 6.45) is 3.01. The Labute approximate surface area is 145 Å². The zero-order valence-corrected chi connectivity index (χ0v) is 13.9. The molecule has 0 aliphatic carbocycles. The number of aromatic amines is 1. The number of carbonyl (C=O) groups is 1. The SMILES string of the molecule is Cc1cccc(NC(=O)/C(C#N)=C\Nc2ccc3nc[nH]c3c2)c1C. The first-order chi connectivity index (χ1) is 12.1. The summed E-state index contributed by atoms with van der Waals surface area (Å²) < 4.78 is 0. The first-order valence-electron chi connectivity index (χ1n) is 7.76. The number of anilines is 2. The summed E-state index contributed by atoms with van der Waals surface area (Å²) >= 11 is 0. The summed E-state index contributed by atoms with van der Waals surface area (Å²) in [7, 11) is 0. The van der Waals surface area contributed by atoms with Crippen LogP contribution in [0.5, 0.6) is 0 Å². The molecule has 0 atom stereocenters. The maximum Gasteiger partial charge on any atom is 0.267 e. The van der Waals surface area contributed by atoms with E-state index in [1.807, 2.05) is 56.3 Å². The standard InChI is InChI=1S/C19H17N5O/c1-12-4-3-5-16(13(12)2)24-19(25)14(9-20)10-21-15-6-7-17-18(8-15)23-11-22-17/h3-8,10-11,21H,1-2H3,(H,22,23)(H,24,25)/b14-10-. The molecule has 0 aliphatic heterocycles. The second-order valence-electron chi connectivity index (χ2n) is 5.65. The molecule has 3 aromatic rings. The summed E-state index contributed by atoms with van der Waals surface area (Å²) in [5.41, 5.74) is 5.22. The lowest BCUT2D eigenvalue weighted by Gasteiger charge is -2.10. The molecule has 2 aromatic carbocycles. The molecule has 0 saturated carbocycles. The van der Waals surface area contributed by atoms with E-state index in [4.69, 9.17) is 0 Å². The van der Waals surface area contributed by atoms with E-state index in [-0.39, 0.29) is 5.57 Å². The summed E-state index contributed by atoms with van der Waals surface area (Å²) in [5, 5.41) is 15.0. The maximum atomic E-state index is 12.3. The molecule has 0 unspecified atom stereocenters. The van der Waals surface area contributed by atoms with E-state index in [9.17, 15) is 10.1 Å². The van der Waals surface area contributed by atoms with Crippen LogP contribution in [-0.2, 0) is 4.79 Å². The predicted octanol–water partition coefficient (Wildman–Crippen LogP) is 3.64. The number of aryl methyl sites for hydroxylation is 1. The zero-order chi connectivity index (χ0) is 17.8. The molecule has 0 spiro atoms. The van der Waals surface area contributed by atoms with Crippen molar-refractivity contribution in [3.8, 4) is 6.07 Å². The minimum atomic E-state index is -0.452. The Kier molecular flexibility index (Phi) is 4.48. The van der Waals surface area contributed by atoms with E-state index >= 15 is 0 Å². The van der Waals surface area contributed by atoms with E-state index < -0.39 is 5.91 Å². The minimum Gasteiger partial charge on any atom is -0.360 e. The number of hydrogen-bond donors (Lipinski definition) is 3. The molecule has 0 saturated heterocycles. The van der Waals surface area contributed by atoms with Crippen molar-refractivity contribution >= 4 is 28.3 Å². The molecule has 1 heterocycles. The fraction of sp³-hybridized carbons (Fsp3) is 0.105. The van der Waals surface area contributed by atoms with Crippen molar-refractivity contribution in [1.29, 1.82) is 5.26 Å². The molecule has 0 bridgehead atoms. The van der Waals surface area contributed by atoms with Gasteiger partial charge in [-0.2, -0.15) is 5.26 Å². The molecule has 3 N–H and O–H groups in total. The first kappa shape index (κ1) is 16.3. The predicted molar refractivity (Wildman–Crippen MR) is 98.0 cm³/mol. The average Bonchev–Trinajstić information content (AvgIpc) is 3.07. The van der Waals surface area contributed by atoms with Crippen LogP contribution in [0.3, 0.4) is 0 Å². The van der Waals surface area contributed by atoms with Gasteiger partial charge in [-0.1, -0.05) is 12.1 Å². The highest BCUT2D eigenvalue weighted by Crippen LogP contribution is 2.19. The number of benzene rings is 2. The Morgan fingerprint density at radius 2 is 2.12 bits per heavy atom. The van der Waals surface area contributed by atoms with Gasteiger partial charge >= 0.3 is 0 Å². The lowest BCUT2D eigenvalue weighted by atomic mass is 10.1. The van der Waals surface area contributed by atoms with Gasteiger partial charge in [-0.3, -0.25) is 4.79 Å². The maximum absolute atomic E-state index is 12.3. The number of imidazole rings is 1. The van der Waals surface area contributed by atoms with E-state index in [0.717, 1.165) is 27.8 Å². The Balaban J connectivity index is 1.76. The van der Waals surface area contributed by atoms with Crippen LogP contribution in [0.15, 0.2) is 54.5 Å². The van der Waals surface area contributed by atoms with Gasteiger partial charge < -0.3 is 15.6 Å². The second kappa shape index (κ2) is 6.89. The highest BCUT2D eigenvalue weighted by Gasteiger charge is 2.11. The summed E-state index contributed by atoms with van der Waals surface area (Å²) in [6, 6.07) is 13.1. The highest BCUT2D eigenvalue weighted by atomic mass is 16.1. The van der Waals surface area contributed by atoms with Crippen molar-refractivity contribution in [3.05, 3.63) is 65.6 Å². The minimum absolute atomic E-state index is 0.00869. The van der Waals surface area contributed by atoms with Gasteiger partial charge in [0.05, 0.1) is 17.4 Å². The summed E-state index contributed by atoms with van der Waals surface area (Å²) in [5.74, 6) is -0.452. The van der Waals surface area contributed by atoms with Gasteiger partial charge in [-0.15, -0.1) is 0 Å².